The summed E-state index contributed by atoms with van der Waals surface area (Å²) in [5, 5.41) is 14.0. The number of carbonyl (C=O) groups is 3. The Kier molecular flexibility index (Phi) is 6.24. The molecule has 10 nitrogen and oxygen atoms in total. The molecule has 1 saturated heterocycles. The first-order chi connectivity index (χ1) is 15.5. The molecular formula is C22H22N4O6. The van der Waals surface area contributed by atoms with Crippen LogP contribution in [0.3, 0.4) is 0 Å². The van der Waals surface area contributed by atoms with Crippen molar-refractivity contribution in [3.63, 3.8) is 0 Å². The molecule has 2 aromatic rings. The monoisotopic (exact) mass is 438 g/mol. The van der Waals surface area contributed by atoms with E-state index in [1.165, 1.54) is 18.2 Å². The van der Waals surface area contributed by atoms with Gasteiger partial charge in [-0.3, -0.25) is 34.3 Å². The SMILES string of the molecule is O=C(CN1C(=O)c2cccc([N+](=O)[O-])c2C1=O)NCc1ccccc1CN1CCOCC1. The van der Waals surface area contributed by atoms with E-state index in [0.29, 0.717) is 13.2 Å². The van der Waals surface area contributed by atoms with Crippen LogP contribution in [0, 0.1) is 10.1 Å². The Morgan fingerprint density at radius 1 is 1.03 bits per heavy atom. The fourth-order valence-electron chi connectivity index (χ4n) is 3.89. The first-order valence-corrected chi connectivity index (χ1v) is 10.2. The number of nitro groups is 1. The molecule has 0 unspecified atom stereocenters. The van der Waals surface area contributed by atoms with Gasteiger partial charge in [0.15, 0.2) is 0 Å². The van der Waals surface area contributed by atoms with E-state index in [9.17, 15) is 24.5 Å². The Morgan fingerprint density at radius 2 is 1.75 bits per heavy atom. The summed E-state index contributed by atoms with van der Waals surface area (Å²) in [6.45, 7) is 3.53. The van der Waals surface area contributed by atoms with Crippen molar-refractivity contribution in [3.05, 3.63) is 74.8 Å². The fraction of sp³-hybridized carbons (Fsp3) is 0.318. The number of ether oxygens (including phenoxy) is 1. The van der Waals surface area contributed by atoms with E-state index in [4.69, 9.17) is 4.74 Å². The Bertz CT molecular complexity index is 1080. The molecule has 0 saturated carbocycles. The number of morpholine rings is 1. The van der Waals surface area contributed by atoms with E-state index in [1.54, 1.807) is 0 Å². The molecule has 2 heterocycles. The highest BCUT2D eigenvalue weighted by Gasteiger charge is 2.41. The van der Waals surface area contributed by atoms with Gasteiger partial charge < -0.3 is 10.1 Å². The van der Waals surface area contributed by atoms with Crippen LogP contribution in [-0.2, 0) is 22.6 Å². The van der Waals surface area contributed by atoms with Gasteiger partial charge >= 0.3 is 0 Å². The number of nitrogens with zero attached hydrogens (tertiary/aromatic N) is 3. The topological polar surface area (TPSA) is 122 Å². The molecule has 1 N–H and O–H groups in total. The second kappa shape index (κ2) is 9.25. The Morgan fingerprint density at radius 3 is 2.47 bits per heavy atom. The van der Waals surface area contributed by atoms with Crippen molar-refractivity contribution in [1.82, 2.24) is 15.1 Å². The van der Waals surface area contributed by atoms with Crippen molar-refractivity contribution in [1.29, 1.82) is 0 Å². The highest BCUT2D eigenvalue weighted by molar-refractivity contribution is 6.24. The predicted molar refractivity (Wildman–Crippen MR) is 113 cm³/mol. The number of rotatable bonds is 7. The maximum Gasteiger partial charge on any atom is 0.282 e. The second-order valence-corrected chi connectivity index (χ2v) is 7.59. The van der Waals surface area contributed by atoms with Gasteiger partial charge in [-0.1, -0.05) is 30.3 Å². The lowest BCUT2D eigenvalue weighted by atomic mass is 10.1. The molecule has 2 aliphatic heterocycles. The first kappa shape index (κ1) is 21.6. The summed E-state index contributed by atoms with van der Waals surface area (Å²) in [6.07, 6.45) is 0. The molecule has 10 heteroatoms. The highest BCUT2D eigenvalue weighted by Crippen LogP contribution is 2.30. The number of nitrogens with one attached hydrogen (secondary N) is 1. The Balaban J connectivity index is 1.40. The number of carbonyl (C=O) groups excluding carboxylic acids is 3. The lowest BCUT2D eigenvalue weighted by Gasteiger charge is -2.27. The van der Waals surface area contributed by atoms with Crippen LogP contribution in [0.4, 0.5) is 5.69 Å². The fourth-order valence-corrected chi connectivity index (χ4v) is 3.89. The predicted octanol–water partition coefficient (Wildman–Crippen LogP) is 1.34. The molecule has 32 heavy (non-hydrogen) atoms. The minimum Gasteiger partial charge on any atom is -0.379 e. The molecule has 0 spiro atoms. The molecule has 3 amide bonds. The third kappa shape index (κ3) is 4.36. The number of benzene rings is 2. The quantitative estimate of drug-likeness (QED) is 0.393. The van der Waals surface area contributed by atoms with Crippen molar-refractivity contribution in [3.8, 4) is 0 Å². The van der Waals surface area contributed by atoms with E-state index in [1.807, 2.05) is 24.3 Å². The van der Waals surface area contributed by atoms with E-state index in [-0.39, 0.29) is 17.7 Å². The first-order valence-electron chi connectivity index (χ1n) is 10.2. The van der Waals surface area contributed by atoms with Crippen molar-refractivity contribution < 1.29 is 24.0 Å². The number of fused-ring (bicyclic) bond motifs is 1. The van der Waals surface area contributed by atoms with Gasteiger partial charge in [-0.2, -0.15) is 0 Å². The molecule has 166 valence electrons. The number of hydrogen-bond acceptors (Lipinski definition) is 7. The smallest absolute Gasteiger partial charge is 0.282 e. The zero-order valence-electron chi connectivity index (χ0n) is 17.3. The van der Waals surface area contributed by atoms with Crippen LogP contribution < -0.4 is 5.32 Å². The maximum atomic E-state index is 12.6. The lowest BCUT2D eigenvalue weighted by Crippen LogP contribution is -2.40. The zero-order valence-corrected chi connectivity index (χ0v) is 17.3. The van der Waals surface area contributed by atoms with Crippen LogP contribution >= 0.6 is 0 Å². The van der Waals surface area contributed by atoms with Crippen molar-refractivity contribution in [2.75, 3.05) is 32.8 Å². The largest absolute Gasteiger partial charge is 0.379 e. The van der Waals surface area contributed by atoms with Crippen LogP contribution in [0.2, 0.25) is 0 Å². The summed E-state index contributed by atoms with van der Waals surface area (Å²) in [4.78, 5) is 51.2. The van der Waals surface area contributed by atoms with Gasteiger partial charge in [0.05, 0.1) is 23.7 Å². The molecule has 2 aromatic carbocycles. The summed E-state index contributed by atoms with van der Waals surface area (Å²) in [7, 11) is 0. The van der Waals surface area contributed by atoms with Crippen LogP contribution in [0.15, 0.2) is 42.5 Å². The Hall–Kier alpha value is -3.63. The molecule has 1 fully saturated rings. The molecule has 4 rings (SSSR count). The summed E-state index contributed by atoms with van der Waals surface area (Å²) in [6, 6.07) is 11.6. The van der Waals surface area contributed by atoms with Crippen molar-refractivity contribution in [2.24, 2.45) is 0 Å². The maximum absolute atomic E-state index is 12.6. The molecule has 0 atom stereocenters. The minimum atomic E-state index is -0.833. The van der Waals surface area contributed by atoms with E-state index >= 15 is 0 Å². The summed E-state index contributed by atoms with van der Waals surface area (Å²) in [5.41, 5.74) is 1.23. The van der Waals surface area contributed by atoms with Gasteiger partial charge in [0.1, 0.15) is 12.1 Å². The molecule has 0 bridgehead atoms. The van der Waals surface area contributed by atoms with E-state index in [0.717, 1.165) is 35.7 Å². The average Bonchev–Trinajstić information content (AvgIpc) is 3.04. The molecule has 0 aromatic heterocycles. The van der Waals surface area contributed by atoms with E-state index in [2.05, 4.69) is 10.2 Å². The van der Waals surface area contributed by atoms with Gasteiger partial charge in [-0.15, -0.1) is 0 Å². The van der Waals surface area contributed by atoms with Gasteiger partial charge in [0.25, 0.3) is 17.5 Å². The zero-order chi connectivity index (χ0) is 22.7. The summed E-state index contributed by atoms with van der Waals surface area (Å²) in [5.74, 6) is -2.07. The average molecular weight is 438 g/mol. The highest BCUT2D eigenvalue weighted by atomic mass is 16.6. The Labute approximate surface area is 183 Å². The minimum absolute atomic E-state index is 0.0622. The van der Waals surface area contributed by atoms with Crippen LogP contribution in [0.25, 0.3) is 0 Å². The van der Waals surface area contributed by atoms with Crippen LogP contribution in [0.5, 0.6) is 0 Å². The molecule has 0 aliphatic carbocycles. The summed E-state index contributed by atoms with van der Waals surface area (Å²) < 4.78 is 5.38. The third-order valence-electron chi connectivity index (χ3n) is 5.57. The summed E-state index contributed by atoms with van der Waals surface area (Å²) >= 11 is 0. The standard InChI is InChI=1S/C22H22N4O6/c27-19(14-25-21(28)17-6-3-7-18(26(30)31)20(17)22(25)29)23-12-15-4-1-2-5-16(15)13-24-8-10-32-11-9-24/h1-7H,8-14H2,(H,23,27). The lowest BCUT2D eigenvalue weighted by molar-refractivity contribution is -0.385. The third-order valence-corrected chi connectivity index (χ3v) is 5.57. The normalized spacial score (nSPS) is 16.2. The number of imide groups is 1. The van der Waals surface area contributed by atoms with Gasteiger partial charge in [-0.25, -0.2) is 0 Å². The number of nitro benzene ring substituents is 1. The number of hydrogen-bond donors (Lipinski definition) is 1. The van der Waals surface area contributed by atoms with Crippen molar-refractivity contribution >= 4 is 23.4 Å². The number of amides is 3. The molecular weight excluding hydrogens is 416 g/mol. The van der Waals surface area contributed by atoms with Gasteiger partial charge in [0.2, 0.25) is 5.91 Å². The van der Waals surface area contributed by atoms with Gasteiger partial charge in [0, 0.05) is 32.2 Å². The van der Waals surface area contributed by atoms with Gasteiger partial charge in [-0.05, 0) is 17.2 Å². The molecule has 0 radical (unpaired) electrons. The van der Waals surface area contributed by atoms with Crippen LogP contribution in [0.1, 0.15) is 31.8 Å². The van der Waals surface area contributed by atoms with Crippen LogP contribution in [-0.4, -0.2) is 65.3 Å². The van der Waals surface area contributed by atoms with Crippen molar-refractivity contribution in [2.45, 2.75) is 13.1 Å². The second-order valence-electron chi connectivity index (χ2n) is 7.59. The molecule has 2 aliphatic rings. The van der Waals surface area contributed by atoms with E-state index < -0.39 is 34.9 Å².